The number of halogens is 2. The van der Waals surface area contributed by atoms with Gasteiger partial charge in [-0.1, -0.05) is 29.3 Å². The van der Waals surface area contributed by atoms with E-state index in [0.29, 0.717) is 0 Å². The second kappa shape index (κ2) is 5.18. The quantitative estimate of drug-likeness (QED) is 0.875. The Morgan fingerprint density at radius 1 is 1.19 bits per heavy atom. The van der Waals surface area contributed by atoms with E-state index in [2.05, 4.69) is 0 Å². The fourth-order valence-corrected chi connectivity index (χ4v) is 1.99. The molecule has 4 nitrogen and oxygen atoms in total. The van der Waals surface area contributed by atoms with E-state index in [1.165, 1.54) is 12.1 Å². The molecule has 6 heteroatoms. The van der Waals surface area contributed by atoms with Gasteiger partial charge in [-0.15, -0.1) is 0 Å². The largest absolute Gasteiger partial charge is 0.481 e. The number of carbonyl (C=O) groups is 2. The number of hydrogen-bond acceptors (Lipinski definition) is 2. The summed E-state index contributed by atoms with van der Waals surface area (Å²) in [6.45, 7) is 0. The summed E-state index contributed by atoms with van der Waals surface area (Å²) in [6.07, 6.45) is -0.557. The third-order valence-electron chi connectivity index (χ3n) is 2.03. The number of rotatable bonds is 4. The molecule has 0 aromatic heterocycles. The molecule has 0 heterocycles. The molecule has 0 aliphatic heterocycles. The second-order valence-corrected chi connectivity index (χ2v) is 3.94. The Morgan fingerprint density at radius 3 is 2.06 bits per heavy atom. The summed E-state index contributed by atoms with van der Waals surface area (Å²) in [5, 5.41) is 17.9. The Balaban J connectivity index is 3.20. The van der Waals surface area contributed by atoms with Crippen molar-refractivity contribution in [1.29, 1.82) is 0 Å². The van der Waals surface area contributed by atoms with Crippen LogP contribution in [0, 0.1) is 0 Å². The molecule has 0 aliphatic rings. The van der Waals surface area contributed by atoms with Crippen molar-refractivity contribution in [1.82, 2.24) is 0 Å². The zero-order chi connectivity index (χ0) is 12.3. The monoisotopic (exact) mass is 262 g/mol. The highest BCUT2D eigenvalue weighted by Gasteiger charge is 2.27. The van der Waals surface area contributed by atoms with E-state index < -0.39 is 24.3 Å². The molecule has 86 valence electrons. The van der Waals surface area contributed by atoms with E-state index in [4.69, 9.17) is 33.4 Å². The minimum absolute atomic E-state index is 0.140. The molecule has 1 rings (SSSR count). The highest BCUT2D eigenvalue weighted by atomic mass is 35.5. The molecule has 1 aromatic rings. The van der Waals surface area contributed by atoms with Crippen LogP contribution in [0.3, 0.4) is 0 Å². The SMILES string of the molecule is O=C(O)C[C@@H](C(=O)O)c1c(Cl)cccc1Cl. The predicted molar refractivity (Wildman–Crippen MR) is 59.1 cm³/mol. The van der Waals surface area contributed by atoms with Crippen LogP contribution in [0.1, 0.15) is 17.9 Å². The zero-order valence-corrected chi connectivity index (χ0v) is 9.50. The van der Waals surface area contributed by atoms with Gasteiger partial charge in [-0.05, 0) is 12.1 Å². The van der Waals surface area contributed by atoms with Crippen molar-refractivity contribution < 1.29 is 19.8 Å². The smallest absolute Gasteiger partial charge is 0.311 e. The van der Waals surface area contributed by atoms with E-state index in [9.17, 15) is 9.59 Å². The van der Waals surface area contributed by atoms with Crippen molar-refractivity contribution in [2.75, 3.05) is 0 Å². The van der Waals surface area contributed by atoms with Gasteiger partial charge < -0.3 is 10.2 Å². The molecule has 0 radical (unpaired) electrons. The Kier molecular flexibility index (Phi) is 4.15. The Labute approximate surface area is 101 Å². The molecule has 0 spiro atoms. The molecule has 2 N–H and O–H groups in total. The lowest BCUT2D eigenvalue weighted by molar-refractivity contribution is -0.145. The van der Waals surface area contributed by atoms with Gasteiger partial charge in [0.15, 0.2) is 0 Å². The van der Waals surface area contributed by atoms with Crippen molar-refractivity contribution in [3.05, 3.63) is 33.8 Å². The van der Waals surface area contributed by atoms with Crippen LogP contribution >= 0.6 is 23.2 Å². The van der Waals surface area contributed by atoms with E-state index >= 15 is 0 Å². The average Bonchev–Trinajstić information content (AvgIpc) is 2.15. The summed E-state index contributed by atoms with van der Waals surface area (Å²) in [4.78, 5) is 21.5. The van der Waals surface area contributed by atoms with Gasteiger partial charge in [0.2, 0.25) is 0 Å². The van der Waals surface area contributed by atoms with E-state index in [1.54, 1.807) is 6.07 Å². The molecule has 1 atom stereocenters. The van der Waals surface area contributed by atoms with Crippen molar-refractivity contribution >= 4 is 35.1 Å². The van der Waals surface area contributed by atoms with Crippen LogP contribution in [0.25, 0.3) is 0 Å². The summed E-state index contributed by atoms with van der Waals surface area (Å²) in [5.41, 5.74) is 0.140. The van der Waals surface area contributed by atoms with E-state index in [-0.39, 0.29) is 15.6 Å². The first-order valence-electron chi connectivity index (χ1n) is 4.32. The van der Waals surface area contributed by atoms with Crippen LogP contribution in [0.5, 0.6) is 0 Å². The maximum absolute atomic E-state index is 11.0. The Hall–Kier alpha value is -1.26. The van der Waals surface area contributed by atoms with Crippen LogP contribution in [0.2, 0.25) is 10.0 Å². The molecule has 0 bridgehead atoms. The predicted octanol–water partition coefficient (Wildman–Crippen LogP) is 2.64. The topological polar surface area (TPSA) is 74.6 Å². The van der Waals surface area contributed by atoms with Crippen molar-refractivity contribution in [2.45, 2.75) is 12.3 Å². The Bertz CT molecular complexity index is 411. The molecule has 1 aromatic carbocycles. The average molecular weight is 263 g/mol. The molecule has 0 saturated heterocycles. The van der Waals surface area contributed by atoms with Crippen molar-refractivity contribution in [2.24, 2.45) is 0 Å². The van der Waals surface area contributed by atoms with Crippen LogP contribution in [0.4, 0.5) is 0 Å². The van der Waals surface area contributed by atoms with Gasteiger partial charge in [0.25, 0.3) is 0 Å². The molecule has 0 fully saturated rings. The normalized spacial score (nSPS) is 12.1. The second-order valence-electron chi connectivity index (χ2n) is 3.12. The minimum Gasteiger partial charge on any atom is -0.481 e. The van der Waals surface area contributed by atoms with Gasteiger partial charge in [-0.25, -0.2) is 0 Å². The fourth-order valence-electron chi connectivity index (χ4n) is 1.33. The van der Waals surface area contributed by atoms with Crippen molar-refractivity contribution in [3.8, 4) is 0 Å². The molecular weight excluding hydrogens is 255 g/mol. The standard InChI is InChI=1S/C10H8Cl2O4/c11-6-2-1-3-7(12)9(6)5(10(15)16)4-8(13)14/h1-3,5H,4H2,(H,13,14)(H,15,16)/t5-/m1/s1. The first-order valence-corrected chi connectivity index (χ1v) is 5.07. The summed E-state index contributed by atoms with van der Waals surface area (Å²) in [7, 11) is 0. The maximum atomic E-state index is 11.0. The molecule has 16 heavy (non-hydrogen) atoms. The Morgan fingerprint density at radius 2 is 1.69 bits per heavy atom. The molecule has 0 unspecified atom stereocenters. The minimum atomic E-state index is -1.27. The lowest BCUT2D eigenvalue weighted by Crippen LogP contribution is -2.16. The zero-order valence-electron chi connectivity index (χ0n) is 7.98. The number of benzene rings is 1. The number of carboxylic acid groups (broad SMARTS) is 2. The van der Waals surface area contributed by atoms with E-state index in [0.717, 1.165) is 0 Å². The van der Waals surface area contributed by atoms with Crippen LogP contribution in [0.15, 0.2) is 18.2 Å². The lowest BCUT2D eigenvalue weighted by atomic mass is 9.96. The molecule has 0 saturated carbocycles. The third-order valence-corrected chi connectivity index (χ3v) is 2.68. The van der Waals surface area contributed by atoms with E-state index in [1.807, 2.05) is 0 Å². The highest BCUT2D eigenvalue weighted by Crippen LogP contribution is 2.33. The number of aliphatic carboxylic acids is 2. The summed E-state index contributed by atoms with van der Waals surface area (Å²) in [5.74, 6) is -3.72. The van der Waals surface area contributed by atoms with Gasteiger partial charge >= 0.3 is 11.9 Å². The first kappa shape index (κ1) is 12.8. The van der Waals surface area contributed by atoms with Gasteiger partial charge in [0, 0.05) is 15.6 Å². The first-order chi connectivity index (χ1) is 7.43. The maximum Gasteiger partial charge on any atom is 0.311 e. The third kappa shape index (κ3) is 2.87. The van der Waals surface area contributed by atoms with Crippen molar-refractivity contribution in [3.63, 3.8) is 0 Å². The van der Waals surface area contributed by atoms with Gasteiger partial charge in [-0.2, -0.15) is 0 Å². The summed E-state index contributed by atoms with van der Waals surface area (Å²) >= 11 is 11.6. The number of carboxylic acids is 2. The van der Waals surface area contributed by atoms with Crippen LogP contribution in [-0.2, 0) is 9.59 Å². The lowest BCUT2D eigenvalue weighted by Gasteiger charge is -2.13. The van der Waals surface area contributed by atoms with Gasteiger partial charge in [0.05, 0.1) is 12.3 Å². The van der Waals surface area contributed by atoms with Gasteiger partial charge in [-0.3, -0.25) is 9.59 Å². The molecule has 0 aliphatic carbocycles. The molecular formula is C10H8Cl2O4. The fraction of sp³-hybridized carbons (Fsp3) is 0.200. The highest BCUT2D eigenvalue weighted by molar-refractivity contribution is 6.36. The summed E-state index contributed by atoms with van der Waals surface area (Å²) < 4.78 is 0. The molecule has 0 amide bonds. The van der Waals surface area contributed by atoms with Crippen LogP contribution < -0.4 is 0 Å². The van der Waals surface area contributed by atoms with Gasteiger partial charge in [0.1, 0.15) is 0 Å². The number of hydrogen-bond donors (Lipinski definition) is 2. The van der Waals surface area contributed by atoms with Crippen LogP contribution in [-0.4, -0.2) is 22.2 Å². The summed E-state index contributed by atoms with van der Waals surface area (Å²) in [6, 6.07) is 4.51.